The standard InChI is InChI=1S/C20H18ClN3O/c1-12-18(13-5-3-2-4-6-13)19(12)20(25)22-10-9-17-23-15-8-7-14(21)11-16(15)24-17/h2-8,11,19H,9-10H2,1H3,(H,22,25)(H,23,24)/t19-/m0/s1. The Labute approximate surface area is 150 Å². The van der Waals surface area contributed by atoms with Crippen molar-refractivity contribution in [1.82, 2.24) is 15.3 Å². The van der Waals surface area contributed by atoms with E-state index in [0.717, 1.165) is 33.6 Å². The molecule has 1 heterocycles. The minimum atomic E-state index is -0.0862. The fourth-order valence-corrected chi connectivity index (χ4v) is 3.40. The zero-order valence-corrected chi connectivity index (χ0v) is 14.6. The summed E-state index contributed by atoms with van der Waals surface area (Å²) >= 11 is 5.98. The van der Waals surface area contributed by atoms with Crippen LogP contribution in [0.3, 0.4) is 0 Å². The Morgan fingerprint density at radius 3 is 2.84 bits per heavy atom. The van der Waals surface area contributed by atoms with Crippen LogP contribution < -0.4 is 5.32 Å². The molecule has 126 valence electrons. The van der Waals surface area contributed by atoms with Gasteiger partial charge < -0.3 is 10.3 Å². The Balaban J connectivity index is 1.33. The molecule has 0 saturated carbocycles. The smallest absolute Gasteiger partial charge is 0.231 e. The molecule has 2 aromatic carbocycles. The van der Waals surface area contributed by atoms with E-state index in [0.29, 0.717) is 18.0 Å². The van der Waals surface area contributed by atoms with Crippen molar-refractivity contribution in [1.29, 1.82) is 0 Å². The SMILES string of the molecule is CC1=C(c2ccccc2)[C@H]1C(=O)NCCc1nc2ccc(Cl)cc2[nH]1. The first-order valence-corrected chi connectivity index (χ1v) is 8.69. The Hall–Kier alpha value is -2.59. The Morgan fingerprint density at radius 2 is 2.04 bits per heavy atom. The van der Waals surface area contributed by atoms with Crippen molar-refractivity contribution in [3.05, 3.63) is 70.5 Å². The number of imidazole rings is 1. The first-order valence-electron chi connectivity index (χ1n) is 8.31. The maximum absolute atomic E-state index is 12.4. The highest BCUT2D eigenvalue weighted by Gasteiger charge is 2.39. The molecule has 5 heteroatoms. The van der Waals surface area contributed by atoms with E-state index in [-0.39, 0.29) is 11.8 Å². The largest absolute Gasteiger partial charge is 0.355 e. The normalized spacial score (nSPS) is 16.3. The van der Waals surface area contributed by atoms with E-state index in [2.05, 4.69) is 15.3 Å². The molecule has 4 rings (SSSR count). The van der Waals surface area contributed by atoms with Crippen molar-refractivity contribution in [2.45, 2.75) is 13.3 Å². The second-order valence-electron chi connectivity index (χ2n) is 6.28. The second kappa shape index (κ2) is 6.37. The first kappa shape index (κ1) is 15.9. The van der Waals surface area contributed by atoms with Crippen LogP contribution in [-0.4, -0.2) is 22.4 Å². The number of nitrogens with one attached hydrogen (secondary N) is 2. The number of fused-ring (bicyclic) bond motifs is 1. The fraction of sp³-hybridized carbons (Fsp3) is 0.200. The van der Waals surface area contributed by atoms with Crippen molar-refractivity contribution < 1.29 is 4.79 Å². The molecule has 3 aromatic rings. The van der Waals surface area contributed by atoms with Crippen LogP contribution in [0.2, 0.25) is 5.02 Å². The monoisotopic (exact) mass is 351 g/mol. The minimum Gasteiger partial charge on any atom is -0.355 e. The highest BCUT2D eigenvalue weighted by atomic mass is 35.5. The molecular formula is C20H18ClN3O. The molecule has 0 spiro atoms. The molecule has 1 aromatic heterocycles. The molecule has 0 unspecified atom stereocenters. The number of nitrogens with zero attached hydrogens (tertiary/aromatic N) is 1. The van der Waals surface area contributed by atoms with E-state index in [1.807, 2.05) is 55.5 Å². The summed E-state index contributed by atoms with van der Waals surface area (Å²) in [6, 6.07) is 15.6. The van der Waals surface area contributed by atoms with Gasteiger partial charge in [0, 0.05) is 18.0 Å². The molecule has 0 aliphatic heterocycles. The van der Waals surface area contributed by atoms with Gasteiger partial charge in [0.2, 0.25) is 5.91 Å². The van der Waals surface area contributed by atoms with Gasteiger partial charge in [-0.15, -0.1) is 0 Å². The van der Waals surface area contributed by atoms with Gasteiger partial charge in [-0.3, -0.25) is 4.79 Å². The Morgan fingerprint density at radius 1 is 1.24 bits per heavy atom. The van der Waals surface area contributed by atoms with Crippen LogP contribution in [0, 0.1) is 5.92 Å². The van der Waals surface area contributed by atoms with Crippen LogP contribution in [0.25, 0.3) is 16.6 Å². The van der Waals surface area contributed by atoms with Crippen molar-refractivity contribution in [2.24, 2.45) is 5.92 Å². The third-order valence-electron chi connectivity index (χ3n) is 4.56. The summed E-state index contributed by atoms with van der Waals surface area (Å²) in [5, 5.41) is 3.69. The lowest BCUT2D eigenvalue weighted by atomic mass is 10.1. The van der Waals surface area contributed by atoms with E-state index < -0.39 is 0 Å². The van der Waals surface area contributed by atoms with Crippen molar-refractivity contribution in [2.75, 3.05) is 6.54 Å². The van der Waals surface area contributed by atoms with E-state index in [1.54, 1.807) is 0 Å². The zero-order chi connectivity index (χ0) is 17.4. The van der Waals surface area contributed by atoms with Gasteiger partial charge in [-0.1, -0.05) is 47.5 Å². The average Bonchev–Trinajstić information content (AvgIpc) is 3.12. The molecular weight excluding hydrogens is 334 g/mol. The lowest BCUT2D eigenvalue weighted by molar-refractivity contribution is -0.121. The molecule has 0 fully saturated rings. The summed E-state index contributed by atoms with van der Waals surface area (Å²) in [7, 11) is 0. The van der Waals surface area contributed by atoms with Gasteiger partial charge in [-0.25, -0.2) is 4.98 Å². The molecule has 0 bridgehead atoms. The summed E-state index contributed by atoms with van der Waals surface area (Å²) in [6.07, 6.45) is 0.657. The van der Waals surface area contributed by atoms with E-state index in [4.69, 9.17) is 11.6 Å². The number of hydrogen-bond donors (Lipinski definition) is 2. The third-order valence-corrected chi connectivity index (χ3v) is 4.80. The maximum Gasteiger partial charge on any atom is 0.231 e. The van der Waals surface area contributed by atoms with E-state index >= 15 is 0 Å². The molecule has 0 radical (unpaired) electrons. The molecule has 2 N–H and O–H groups in total. The highest BCUT2D eigenvalue weighted by Crippen LogP contribution is 2.46. The number of rotatable bonds is 5. The van der Waals surface area contributed by atoms with Gasteiger partial charge in [0.1, 0.15) is 5.82 Å². The van der Waals surface area contributed by atoms with Crippen LogP contribution in [0.5, 0.6) is 0 Å². The molecule has 1 aliphatic carbocycles. The predicted molar refractivity (Wildman–Crippen MR) is 100 cm³/mol. The molecule has 1 aliphatic rings. The number of carbonyl (C=O) groups excluding carboxylic acids is 1. The molecule has 25 heavy (non-hydrogen) atoms. The lowest BCUT2D eigenvalue weighted by Gasteiger charge is -2.04. The number of H-pyrrole nitrogens is 1. The van der Waals surface area contributed by atoms with E-state index in [1.165, 1.54) is 0 Å². The Bertz CT molecular complexity index is 975. The first-order chi connectivity index (χ1) is 12.1. The number of aromatic amines is 1. The van der Waals surface area contributed by atoms with Crippen LogP contribution in [0.1, 0.15) is 18.3 Å². The quantitative estimate of drug-likeness (QED) is 0.730. The lowest BCUT2D eigenvalue weighted by Crippen LogP contribution is -2.28. The van der Waals surface area contributed by atoms with Crippen LogP contribution >= 0.6 is 11.6 Å². The van der Waals surface area contributed by atoms with Gasteiger partial charge in [0.15, 0.2) is 0 Å². The summed E-state index contributed by atoms with van der Waals surface area (Å²) in [4.78, 5) is 20.2. The van der Waals surface area contributed by atoms with Crippen LogP contribution in [0.4, 0.5) is 0 Å². The van der Waals surface area contributed by atoms with E-state index in [9.17, 15) is 4.79 Å². The van der Waals surface area contributed by atoms with Crippen LogP contribution in [-0.2, 0) is 11.2 Å². The fourth-order valence-electron chi connectivity index (χ4n) is 3.23. The highest BCUT2D eigenvalue weighted by molar-refractivity contribution is 6.31. The van der Waals surface area contributed by atoms with Crippen molar-refractivity contribution in [3.8, 4) is 0 Å². The zero-order valence-electron chi connectivity index (χ0n) is 13.8. The number of aromatic nitrogens is 2. The topological polar surface area (TPSA) is 57.8 Å². The van der Waals surface area contributed by atoms with Gasteiger partial charge in [0.25, 0.3) is 0 Å². The molecule has 1 amide bonds. The van der Waals surface area contributed by atoms with Gasteiger partial charge in [0.05, 0.1) is 17.0 Å². The van der Waals surface area contributed by atoms with Crippen LogP contribution in [0.15, 0.2) is 54.1 Å². The summed E-state index contributed by atoms with van der Waals surface area (Å²) < 4.78 is 0. The maximum atomic E-state index is 12.4. The van der Waals surface area contributed by atoms with Crippen molar-refractivity contribution >= 4 is 34.1 Å². The second-order valence-corrected chi connectivity index (χ2v) is 6.72. The number of halogens is 1. The molecule has 4 nitrogen and oxygen atoms in total. The predicted octanol–water partition coefficient (Wildman–Crippen LogP) is 3.98. The summed E-state index contributed by atoms with van der Waals surface area (Å²) in [5.41, 5.74) is 5.24. The number of amides is 1. The molecule has 1 atom stereocenters. The number of hydrogen-bond acceptors (Lipinski definition) is 2. The van der Waals surface area contributed by atoms with Gasteiger partial charge in [-0.05, 0) is 36.3 Å². The Kier molecular flexibility index (Phi) is 4.06. The van der Waals surface area contributed by atoms with Gasteiger partial charge >= 0.3 is 0 Å². The molecule has 0 saturated heterocycles. The van der Waals surface area contributed by atoms with Gasteiger partial charge in [-0.2, -0.15) is 0 Å². The van der Waals surface area contributed by atoms with Crippen molar-refractivity contribution in [3.63, 3.8) is 0 Å². The summed E-state index contributed by atoms with van der Waals surface area (Å²) in [5.74, 6) is 0.828. The number of carbonyl (C=O) groups is 1. The third kappa shape index (κ3) is 3.17. The minimum absolute atomic E-state index is 0.0653. The summed E-state index contributed by atoms with van der Waals surface area (Å²) in [6.45, 7) is 2.58. The average molecular weight is 352 g/mol. The number of benzene rings is 2.